The molecule has 1 aliphatic heterocycles. The van der Waals surface area contributed by atoms with Crippen LogP contribution in [0.5, 0.6) is 0 Å². The molecule has 1 saturated heterocycles. The summed E-state index contributed by atoms with van der Waals surface area (Å²) in [6, 6.07) is 20.1. The van der Waals surface area contributed by atoms with E-state index in [2.05, 4.69) is 36.8 Å². The molecule has 0 spiro atoms. The molecule has 164 valence electrons. The third-order valence-corrected chi connectivity index (χ3v) is 5.84. The van der Waals surface area contributed by atoms with Crippen LogP contribution in [0.4, 0.5) is 27.5 Å². The van der Waals surface area contributed by atoms with E-state index in [-0.39, 0.29) is 11.9 Å². The van der Waals surface area contributed by atoms with Crippen molar-refractivity contribution >= 4 is 50.6 Å². The third kappa shape index (κ3) is 5.48. The Labute approximate surface area is 196 Å². The van der Waals surface area contributed by atoms with Crippen LogP contribution in [0.3, 0.4) is 0 Å². The molecule has 1 heterocycles. The van der Waals surface area contributed by atoms with Crippen LogP contribution >= 0.6 is 15.9 Å². The summed E-state index contributed by atoms with van der Waals surface area (Å²) in [5.41, 5.74) is 4.58. The molecule has 32 heavy (non-hydrogen) atoms. The van der Waals surface area contributed by atoms with Crippen molar-refractivity contribution in [2.75, 3.05) is 33.9 Å². The zero-order chi connectivity index (χ0) is 22.5. The number of nitrogens with one attached hydrogen (secondary N) is 3. The monoisotopic (exact) mass is 492 g/mol. The second-order valence-electron chi connectivity index (χ2n) is 7.84. The minimum absolute atomic E-state index is 0.191. The van der Waals surface area contributed by atoms with Crippen LogP contribution in [0.25, 0.3) is 0 Å². The predicted molar refractivity (Wildman–Crippen MR) is 134 cm³/mol. The second kappa shape index (κ2) is 9.87. The minimum atomic E-state index is -0.342. The minimum Gasteiger partial charge on any atom is -0.370 e. The molecule has 0 saturated carbocycles. The van der Waals surface area contributed by atoms with Gasteiger partial charge in [-0.15, -0.1) is 0 Å². The summed E-state index contributed by atoms with van der Waals surface area (Å²) < 4.78 is 0.883. The third-order valence-electron chi connectivity index (χ3n) is 5.35. The van der Waals surface area contributed by atoms with E-state index < -0.39 is 0 Å². The Balaban J connectivity index is 1.54. The van der Waals surface area contributed by atoms with Gasteiger partial charge in [-0.05, 0) is 68.3 Å². The number of urea groups is 1. The molecule has 3 aromatic carbocycles. The van der Waals surface area contributed by atoms with Crippen LogP contribution in [-0.2, 0) is 0 Å². The normalized spacial score (nSPS) is 13.0. The Morgan fingerprint density at radius 2 is 1.56 bits per heavy atom. The summed E-state index contributed by atoms with van der Waals surface area (Å²) >= 11 is 3.41. The van der Waals surface area contributed by atoms with Gasteiger partial charge < -0.3 is 20.9 Å². The number of carbonyl (C=O) groups is 2. The summed E-state index contributed by atoms with van der Waals surface area (Å²) in [7, 11) is 0. The number of anilines is 4. The van der Waals surface area contributed by atoms with Crippen molar-refractivity contribution in [3.05, 3.63) is 82.3 Å². The lowest BCUT2D eigenvalue weighted by Crippen LogP contribution is -2.24. The number of hydrogen-bond acceptors (Lipinski definition) is 3. The number of amides is 3. The first-order valence-corrected chi connectivity index (χ1v) is 11.4. The topological polar surface area (TPSA) is 73.5 Å². The van der Waals surface area contributed by atoms with Crippen molar-refractivity contribution in [3.63, 3.8) is 0 Å². The van der Waals surface area contributed by atoms with Gasteiger partial charge in [-0.1, -0.05) is 39.7 Å². The first kappa shape index (κ1) is 21.9. The van der Waals surface area contributed by atoms with Crippen molar-refractivity contribution in [2.45, 2.75) is 19.8 Å². The Kier molecular flexibility index (Phi) is 6.75. The van der Waals surface area contributed by atoms with Crippen molar-refractivity contribution in [1.29, 1.82) is 0 Å². The number of carbonyl (C=O) groups excluding carboxylic acids is 2. The molecule has 6 nitrogen and oxygen atoms in total. The van der Waals surface area contributed by atoms with Gasteiger partial charge in [0.2, 0.25) is 0 Å². The van der Waals surface area contributed by atoms with E-state index in [0.29, 0.717) is 22.6 Å². The van der Waals surface area contributed by atoms with Crippen LogP contribution in [0.1, 0.15) is 28.8 Å². The van der Waals surface area contributed by atoms with Crippen molar-refractivity contribution in [2.24, 2.45) is 0 Å². The standard InChI is InChI=1S/C25H25BrN4O2/c1-17-7-9-18(10-8-17)24(31)27-21-11-12-23(30-13-2-3-14-30)22(16-21)29-25(32)28-20-6-4-5-19(26)15-20/h4-12,15-16H,2-3,13-14H2,1H3,(H,27,31)(H2,28,29,32). The molecule has 0 unspecified atom stereocenters. The Hall–Kier alpha value is -3.32. The molecule has 3 amide bonds. The Morgan fingerprint density at radius 3 is 2.28 bits per heavy atom. The van der Waals surface area contributed by atoms with Crippen LogP contribution < -0.4 is 20.9 Å². The van der Waals surface area contributed by atoms with Gasteiger partial charge in [-0.25, -0.2) is 4.79 Å². The van der Waals surface area contributed by atoms with Gasteiger partial charge in [0.15, 0.2) is 0 Å². The predicted octanol–water partition coefficient (Wildman–Crippen LogP) is 6.25. The van der Waals surface area contributed by atoms with Gasteiger partial charge in [0.05, 0.1) is 11.4 Å². The maximum Gasteiger partial charge on any atom is 0.323 e. The van der Waals surface area contributed by atoms with E-state index in [1.807, 2.05) is 55.5 Å². The molecule has 0 atom stereocenters. The van der Waals surface area contributed by atoms with Crippen LogP contribution in [0, 0.1) is 6.92 Å². The smallest absolute Gasteiger partial charge is 0.323 e. The Morgan fingerprint density at radius 1 is 0.844 bits per heavy atom. The largest absolute Gasteiger partial charge is 0.370 e. The van der Waals surface area contributed by atoms with E-state index in [1.165, 1.54) is 0 Å². The number of nitrogens with zero attached hydrogens (tertiary/aromatic N) is 1. The summed E-state index contributed by atoms with van der Waals surface area (Å²) in [4.78, 5) is 27.6. The lowest BCUT2D eigenvalue weighted by atomic mass is 10.1. The average molecular weight is 493 g/mol. The molecule has 3 aromatic rings. The fourth-order valence-corrected chi connectivity index (χ4v) is 4.11. The molecule has 7 heteroatoms. The van der Waals surface area contributed by atoms with E-state index in [9.17, 15) is 9.59 Å². The maximum atomic E-state index is 12.7. The highest BCUT2D eigenvalue weighted by atomic mass is 79.9. The number of hydrogen-bond donors (Lipinski definition) is 3. The molecule has 0 bridgehead atoms. The number of aryl methyl sites for hydroxylation is 1. The molecule has 3 N–H and O–H groups in total. The average Bonchev–Trinajstić information content (AvgIpc) is 3.29. The number of rotatable bonds is 5. The van der Waals surface area contributed by atoms with Crippen LogP contribution in [0.15, 0.2) is 71.2 Å². The number of halogens is 1. The first-order valence-electron chi connectivity index (χ1n) is 10.6. The molecule has 1 fully saturated rings. The fraction of sp³-hybridized carbons (Fsp3) is 0.200. The van der Waals surface area contributed by atoms with Crippen LogP contribution in [0.2, 0.25) is 0 Å². The summed E-state index contributed by atoms with van der Waals surface area (Å²) in [5, 5.41) is 8.74. The zero-order valence-corrected chi connectivity index (χ0v) is 19.4. The van der Waals surface area contributed by atoms with Gasteiger partial charge in [0.25, 0.3) is 5.91 Å². The van der Waals surface area contributed by atoms with E-state index >= 15 is 0 Å². The maximum absolute atomic E-state index is 12.7. The molecule has 0 radical (unpaired) electrons. The van der Waals surface area contributed by atoms with Crippen molar-refractivity contribution in [3.8, 4) is 0 Å². The van der Waals surface area contributed by atoms with Gasteiger partial charge in [0.1, 0.15) is 0 Å². The highest BCUT2D eigenvalue weighted by Crippen LogP contribution is 2.32. The highest BCUT2D eigenvalue weighted by Gasteiger charge is 2.18. The van der Waals surface area contributed by atoms with E-state index in [1.54, 1.807) is 18.2 Å². The van der Waals surface area contributed by atoms with Crippen molar-refractivity contribution in [1.82, 2.24) is 0 Å². The van der Waals surface area contributed by atoms with Gasteiger partial charge in [-0.3, -0.25) is 4.79 Å². The molecular weight excluding hydrogens is 468 g/mol. The quantitative estimate of drug-likeness (QED) is 0.393. The highest BCUT2D eigenvalue weighted by molar-refractivity contribution is 9.10. The molecule has 0 aromatic heterocycles. The lowest BCUT2D eigenvalue weighted by molar-refractivity contribution is 0.102. The van der Waals surface area contributed by atoms with Gasteiger partial charge in [-0.2, -0.15) is 0 Å². The van der Waals surface area contributed by atoms with E-state index in [0.717, 1.165) is 41.7 Å². The summed E-state index contributed by atoms with van der Waals surface area (Å²) in [6.45, 7) is 3.86. The zero-order valence-electron chi connectivity index (χ0n) is 17.8. The molecule has 1 aliphatic rings. The second-order valence-corrected chi connectivity index (χ2v) is 8.75. The fourth-order valence-electron chi connectivity index (χ4n) is 3.71. The SMILES string of the molecule is Cc1ccc(C(=O)Nc2ccc(N3CCCC3)c(NC(=O)Nc3cccc(Br)c3)c2)cc1. The summed E-state index contributed by atoms with van der Waals surface area (Å²) in [6.07, 6.45) is 2.24. The van der Waals surface area contributed by atoms with Gasteiger partial charge >= 0.3 is 6.03 Å². The first-order chi connectivity index (χ1) is 15.5. The molecule has 0 aliphatic carbocycles. The van der Waals surface area contributed by atoms with E-state index in [4.69, 9.17) is 0 Å². The lowest BCUT2D eigenvalue weighted by Gasteiger charge is -2.22. The molecular formula is C25H25BrN4O2. The molecule has 4 rings (SSSR count). The summed E-state index contributed by atoms with van der Waals surface area (Å²) in [5.74, 6) is -0.191. The number of benzene rings is 3. The van der Waals surface area contributed by atoms with Gasteiger partial charge in [0, 0.05) is 34.5 Å². The van der Waals surface area contributed by atoms with Crippen molar-refractivity contribution < 1.29 is 9.59 Å². The Bertz CT molecular complexity index is 1130. The van der Waals surface area contributed by atoms with Crippen LogP contribution in [-0.4, -0.2) is 25.0 Å².